The first-order chi connectivity index (χ1) is 6.04. The maximum Gasteiger partial charge on any atom is 0.338 e. The maximum atomic E-state index is 10.3. The molecular formula is C7H17N4O2+. The maximum absolute atomic E-state index is 10.3. The molecule has 0 aliphatic rings. The van der Waals surface area contributed by atoms with Gasteiger partial charge in [-0.1, -0.05) is 0 Å². The first kappa shape index (κ1) is 11.7. The van der Waals surface area contributed by atoms with Crippen molar-refractivity contribution in [3.05, 3.63) is 0 Å². The molecule has 0 aromatic rings. The van der Waals surface area contributed by atoms with Crippen LogP contribution in [0, 0.1) is 0 Å². The van der Waals surface area contributed by atoms with Crippen LogP contribution in [0.3, 0.4) is 0 Å². The van der Waals surface area contributed by atoms with E-state index in [1.165, 1.54) is 0 Å². The minimum absolute atomic E-state index is 0.183. The highest BCUT2D eigenvalue weighted by molar-refractivity contribution is 5.72. The molecule has 0 amide bonds. The largest absolute Gasteiger partial charge is 0.480 e. The number of guanidine groups is 1. The molecule has 1 atom stereocenters. The van der Waals surface area contributed by atoms with E-state index in [4.69, 9.17) is 22.3 Å². The van der Waals surface area contributed by atoms with Crippen LogP contribution >= 0.6 is 0 Å². The second-order valence-electron chi connectivity index (χ2n) is 2.82. The van der Waals surface area contributed by atoms with Crippen LogP contribution in [0.2, 0.25) is 0 Å². The van der Waals surface area contributed by atoms with Gasteiger partial charge in [-0.15, -0.1) is 0 Å². The van der Waals surface area contributed by atoms with Crippen LogP contribution in [-0.2, 0) is 4.79 Å². The lowest BCUT2D eigenvalue weighted by atomic mass is 10.1. The molecule has 76 valence electrons. The zero-order valence-electron chi connectivity index (χ0n) is 7.49. The summed E-state index contributed by atoms with van der Waals surface area (Å²) >= 11 is 0. The van der Waals surface area contributed by atoms with Gasteiger partial charge in [-0.3, -0.25) is 21.3 Å². The molecule has 0 aromatic heterocycles. The van der Waals surface area contributed by atoms with E-state index < -0.39 is 12.0 Å². The molecule has 0 saturated carbocycles. The van der Waals surface area contributed by atoms with E-state index in [2.05, 4.69) is 4.99 Å². The van der Waals surface area contributed by atoms with Gasteiger partial charge >= 0.3 is 11.9 Å². The first-order valence-corrected chi connectivity index (χ1v) is 4.14. The molecule has 6 heteroatoms. The predicted octanol–water partition coefficient (Wildman–Crippen LogP) is -3.08. The highest BCUT2D eigenvalue weighted by Crippen LogP contribution is 1.96. The number of rotatable bonds is 6. The number of aliphatic carboxylic acids is 1. The summed E-state index contributed by atoms with van der Waals surface area (Å²) in [6.07, 6.45) is 2.02. The van der Waals surface area contributed by atoms with Crippen molar-refractivity contribution >= 4 is 11.9 Å². The van der Waals surface area contributed by atoms with E-state index in [1.54, 1.807) is 0 Å². The Labute approximate surface area is 76.8 Å². The Kier molecular flexibility index (Phi) is 5.62. The SMILES string of the molecule is NC(N)=[NH+]CCCCC(N)C(=O)O. The topological polar surface area (TPSA) is 129 Å². The Morgan fingerprint density at radius 3 is 2.46 bits per heavy atom. The standard InChI is InChI=1S/C7H16N4O2/c8-5(6(12)13)3-1-2-4-11-7(9)10/h5H,1-4,8H2,(H,12,13)(H4,9,10,11)/p+1. The lowest BCUT2D eigenvalue weighted by Crippen LogP contribution is -2.78. The van der Waals surface area contributed by atoms with Gasteiger partial charge in [-0.2, -0.15) is 0 Å². The van der Waals surface area contributed by atoms with Crippen LogP contribution in [-0.4, -0.2) is 29.6 Å². The fourth-order valence-electron chi connectivity index (χ4n) is 0.845. The summed E-state index contributed by atoms with van der Waals surface area (Å²) in [5.41, 5.74) is 15.6. The van der Waals surface area contributed by atoms with E-state index in [-0.39, 0.29) is 5.96 Å². The Morgan fingerprint density at radius 2 is 2.00 bits per heavy atom. The highest BCUT2D eigenvalue weighted by Gasteiger charge is 2.09. The molecule has 0 aliphatic carbocycles. The summed E-state index contributed by atoms with van der Waals surface area (Å²) in [5.74, 6) is -0.777. The normalized spacial score (nSPS) is 12.1. The quantitative estimate of drug-likeness (QED) is 0.172. The summed E-state index contributed by atoms with van der Waals surface area (Å²) in [6.45, 7) is 0.647. The van der Waals surface area contributed by atoms with Crippen LogP contribution in [0.5, 0.6) is 0 Å². The molecule has 0 fully saturated rings. The average Bonchev–Trinajstić information content (AvgIpc) is 2.02. The lowest BCUT2D eigenvalue weighted by molar-refractivity contribution is -0.459. The number of hydrogen-bond acceptors (Lipinski definition) is 2. The smallest absolute Gasteiger partial charge is 0.338 e. The summed E-state index contributed by atoms with van der Waals surface area (Å²) in [4.78, 5) is 13.0. The van der Waals surface area contributed by atoms with E-state index >= 15 is 0 Å². The van der Waals surface area contributed by atoms with E-state index in [1.807, 2.05) is 0 Å². The Morgan fingerprint density at radius 1 is 1.38 bits per heavy atom. The number of carbonyl (C=O) groups is 1. The molecule has 6 nitrogen and oxygen atoms in total. The van der Waals surface area contributed by atoms with Gasteiger partial charge in [0, 0.05) is 0 Å². The Bertz CT molecular complexity index is 189. The minimum Gasteiger partial charge on any atom is -0.480 e. The van der Waals surface area contributed by atoms with Crippen molar-refractivity contribution in [3.8, 4) is 0 Å². The summed E-state index contributed by atoms with van der Waals surface area (Å²) in [7, 11) is 0. The number of unbranched alkanes of at least 4 members (excludes halogenated alkanes) is 1. The molecule has 0 aromatic carbocycles. The van der Waals surface area contributed by atoms with Gasteiger partial charge in [0.05, 0.1) is 6.54 Å². The molecule has 0 bridgehead atoms. The number of carboxylic acids is 1. The van der Waals surface area contributed by atoms with Crippen molar-refractivity contribution in [3.63, 3.8) is 0 Å². The molecule has 0 spiro atoms. The third-order valence-electron chi connectivity index (χ3n) is 1.59. The molecular weight excluding hydrogens is 172 g/mol. The molecule has 8 N–H and O–H groups in total. The van der Waals surface area contributed by atoms with Crippen molar-refractivity contribution < 1.29 is 14.9 Å². The Hall–Kier alpha value is -1.30. The van der Waals surface area contributed by atoms with Crippen LogP contribution in [0.4, 0.5) is 0 Å². The molecule has 13 heavy (non-hydrogen) atoms. The lowest BCUT2D eigenvalue weighted by Gasteiger charge is -2.03. The third-order valence-corrected chi connectivity index (χ3v) is 1.59. The van der Waals surface area contributed by atoms with Crippen LogP contribution < -0.4 is 22.2 Å². The first-order valence-electron chi connectivity index (χ1n) is 4.14. The van der Waals surface area contributed by atoms with Gasteiger partial charge in [0.1, 0.15) is 6.04 Å². The molecule has 0 heterocycles. The average molecular weight is 189 g/mol. The number of hydrogen-bond donors (Lipinski definition) is 5. The fourth-order valence-corrected chi connectivity index (χ4v) is 0.845. The van der Waals surface area contributed by atoms with Gasteiger partial charge in [0.2, 0.25) is 0 Å². The summed E-state index contributed by atoms with van der Waals surface area (Å²) in [5, 5.41) is 8.44. The second-order valence-corrected chi connectivity index (χ2v) is 2.82. The zero-order valence-corrected chi connectivity index (χ0v) is 7.49. The second kappa shape index (κ2) is 6.24. The van der Waals surface area contributed by atoms with Gasteiger partial charge in [-0.05, 0) is 19.3 Å². The zero-order chi connectivity index (χ0) is 10.3. The van der Waals surface area contributed by atoms with Gasteiger partial charge in [0.25, 0.3) is 0 Å². The van der Waals surface area contributed by atoms with Crippen LogP contribution in [0.1, 0.15) is 19.3 Å². The third kappa shape index (κ3) is 7.07. The van der Waals surface area contributed by atoms with E-state index in [0.29, 0.717) is 13.0 Å². The molecule has 1 unspecified atom stereocenters. The van der Waals surface area contributed by atoms with Crippen molar-refractivity contribution in [2.45, 2.75) is 25.3 Å². The van der Waals surface area contributed by atoms with E-state index in [0.717, 1.165) is 12.8 Å². The van der Waals surface area contributed by atoms with Crippen molar-refractivity contribution in [2.24, 2.45) is 17.2 Å². The monoisotopic (exact) mass is 189 g/mol. The summed E-state index contributed by atoms with van der Waals surface area (Å²) < 4.78 is 0. The number of carboxylic acid groups (broad SMARTS) is 1. The summed E-state index contributed by atoms with van der Waals surface area (Å²) in [6, 6.07) is -0.765. The van der Waals surface area contributed by atoms with Crippen LogP contribution in [0.25, 0.3) is 0 Å². The molecule has 0 rings (SSSR count). The number of nitrogens with two attached hydrogens (primary N) is 3. The molecule has 0 radical (unpaired) electrons. The van der Waals surface area contributed by atoms with Crippen molar-refractivity contribution in [1.82, 2.24) is 0 Å². The van der Waals surface area contributed by atoms with Crippen molar-refractivity contribution in [1.29, 1.82) is 0 Å². The minimum atomic E-state index is -0.960. The predicted molar refractivity (Wildman–Crippen MR) is 48.7 cm³/mol. The van der Waals surface area contributed by atoms with Gasteiger partial charge in [0.15, 0.2) is 0 Å². The Balaban J connectivity index is 3.36. The fraction of sp³-hybridized carbons (Fsp3) is 0.714. The molecule has 0 aliphatic heterocycles. The van der Waals surface area contributed by atoms with Gasteiger partial charge < -0.3 is 10.8 Å². The number of nitrogens with one attached hydrogen (secondary N) is 1. The molecule has 0 saturated heterocycles. The van der Waals surface area contributed by atoms with Crippen LogP contribution in [0.15, 0.2) is 0 Å². The van der Waals surface area contributed by atoms with Crippen molar-refractivity contribution in [2.75, 3.05) is 6.54 Å². The van der Waals surface area contributed by atoms with Gasteiger partial charge in [-0.25, -0.2) is 0 Å². The van der Waals surface area contributed by atoms with E-state index in [9.17, 15) is 4.79 Å². The highest BCUT2D eigenvalue weighted by atomic mass is 16.4.